The van der Waals surface area contributed by atoms with E-state index in [0.29, 0.717) is 59.6 Å². The molecule has 7 nitrogen and oxygen atoms in total. The lowest BCUT2D eigenvalue weighted by Crippen LogP contribution is -2.47. The fourth-order valence-electron chi connectivity index (χ4n) is 6.10. The van der Waals surface area contributed by atoms with Crippen LogP contribution in [-0.4, -0.2) is 53.5 Å². The summed E-state index contributed by atoms with van der Waals surface area (Å²) < 4.78 is 17.8. The summed E-state index contributed by atoms with van der Waals surface area (Å²) in [7, 11) is 0. The zero-order valence-corrected chi connectivity index (χ0v) is 31.9. The Kier molecular flexibility index (Phi) is 13.1. The monoisotopic (exact) mass is 749 g/mol. The molecule has 0 aliphatic carbocycles. The van der Waals surface area contributed by atoms with Gasteiger partial charge in [-0.05, 0) is 94.8 Å². The lowest BCUT2D eigenvalue weighted by atomic mass is 10.0. The summed E-state index contributed by atoms with van der Waals surface area (Å²) in [5.41, 5.74) is 6.46. The molecular formula is C44H45Cl2N3O4. The topological polar surface area (TPSA) is 64.1 Å². The number of ether oxygens (including phenoxy) is 3. The number of carbonyl (C=O) groups is 1. The first-order valence-corrected chi connectivity index (χ1v) is 18.8. The van der Waals surface area contributed by atoms with E-state index in [1.54, 1.807) is 36.5 Å². The van der Waals surface area contributed by atoms with E-state index in [1.807, 2.05) is 42.2 Å². The number of carbonyl (C=O) groups excluding carboxylic acids is 1. The van der Waals surface area contributed by atoms with E-state index >= 15 is 0 Å². The van der Waals surface area contributed by atoms with E-state index in [1.165, 1.54) is 16.7 Å². The van der Waals surface area contributed by atoms with Crippen LogP contribution in [0.4, 0.5) is 0 Å². The summed E-state index contributed by atoms with van der Waals surface area (Å²) in [6, 6.07) is 31.9. The Hall–Kier alpha value is -4.82. The van der Waals surface area contributed by atoms with Crippen LogP contribution in [0, 0.1) is 6.92 Å². The molecule has 1 amide bonds. The van der Waals surface area contributed by atoms with Gasteiger partial charge in [-0.2, -0.15) is 0 Å². The molecule has 4 aromatic carbocycles. The van der Waals surface area contributed by atoms with Crippen molar-refractivity contribution in [2.45, 2.75) is 46.3 Å². The Morgan fingerprint density at radius 2 is 1.57 bits per heavy atom. The summed E-state index contributed by atoms with van der Waals surface area (Å²) in [4.78, 5) is 21.7. The van der Waals surface area contributed by atoms with Crippen LogP contribution in [-0.2, 0) is 24.4 Å². The predicted molar refractivity (Wildman–Crippen MR) is 213 cm³/mol. The van der Waals surface area contributed by atoms with Gasteiger partial charge in [0.1, 0.15) is 18.1 Å². The molecule has 1 fully saturated rings. The molecule has 0 spiro atoms. The van der Waals surface area contributed by atoms with Crippen molar-refractivity contribution in [2.75, 3.05) is 32.8 Å². The maximum Gasteiger partial charge on any atom is 0.246 e. The van der Waals surface area contributed by atoms with Crippen molar-refractivity contribution in [1.82, 2.24) is 14.8 Å². The number of aromatic nitrogens is 1. The Morgan fingerprint density at radius 1 is 0.830 bits per heavy atom. The lowest BCUT2D eigenvalue weighted by Gasteiger charge is -2.34. The van der Waals surface area contributed by atoms with Gasteiger partial charge in [-0.3, -0.25) is 9.69 Å². The lowest BCUT2D eigenvalue weighted by molar-refractivity contribution is -0.127. The first-order valence-electron chi connectivity index (χ1n) is 18.0. The molecule has 0 atom stereocenters. The fraction of sp³-hybridized carbons (Fsp3) is 0.273. The number of aryl methyl sites for hydroxylation is 1. The molecule has 0 saturated carbocycles. The van der Waals surface area contributed by atoms with Crippen molar-refractivity contribution < 1.29 is 19.0 Å². The van der Waals surface area contributed by atoms with Crippen LogP contribution >= 0.6 is 23.2 Å². The molecule has 1 aromatic heterocycles. The van der Waals surface area contributed by atoms with Gasteiger partial charge in [0.15, 0.2) is 5.75 Å². The van der Waals surface area contributed by atoms with Crippen LogP contribution in [0.5, 0.6) is 23.1 Å². The van der Waals surface area contributed by atoms with Gasteiger partial charge in [-0.25, -0.2) is 4.98 Å². The molecule has 1 saturated heterocycles. The summed E-state index contributed by atoms with van der Waals surface area (Å²) >= 11 is 12.7. The van der Waals surface area contributed by atoms with E-state index in [0.717, 1.165) is 48.5 Å². The highest BCUT2D eigenvalue weighted by atomic mass is 35.5. The molecule has 0 N–H and O–H groups in total. The third-order valence-electron chi connectivity index (χ3n) is 9.20. The summed E-state index contributed by atoms with van der Waals surface area (Å²) in [6.45, 7) is 11.2. The van der Waals surface area contributed by atoms with Crippen LogP contribution in [0.25, 0.3) is 6.08 Å². The number of rotatable bonds is 14. The Bertz CT molecular complexity index is 1970. The molecule has 274 valence electrons. The highest BCUT2D eigenvalue weighted by Crippen LogP contribution is 2.34. The molecule has 1 aliphatic heterocycles. The van der Waals surface area contributed by atoms with Crippen LogP contribution in [0.2, 0.25) is 10.0 Å². The Balaban J connectivity index is 0.923. The third-order valence-corrected chi connectivity index (χ3v) is 9.72. The van der Waals surface area contributed by atoms with Gasteiger partial charge in [0.05, 0.1) is 17.8 Å². The molecule has 2 heterocycles. The largest absolute Gasteiger partial charge is 0.493 e. The number of piperazine rings is 1. The van der Waals surface area contributed by atoms with E-state index in [9.17, 15) is 4.79 Å². The minimum Gasteiger partial charge on any atom is -0.493 e. The molecule has 0 radical (unpaired) electrons. The first kappa shape index (κ1) is 37.9. The standard InChI is InChI=1S/C44H45Cl2N3O4/c1-31(2)37-12-14-39(15-13-37)51-24-19-33-7-9-34(10-8-33)29-48-20-22-49(23-21-48)43(50)18-11-35-25-32(3)44(41(46)27-35)53-42-17-16-40(28-47-42)52-30-36-5-4-6-38(45)26-36/h4-18,25-28,31H,19-24,29-30H2,1-3H3. The zero-order chi connectivity index (χ0) is 37.2. The maximum absolute atomic E-state index is 13.1. The molecular weight excluding hydrogens is 705 g/mol. The number of halogens is 2. The number of amides is 1. The second-order valence-corrected chi connectivity index (χ2v) is 14.4. The second-order valence-electron chi connectivity index (χ2n) is 13.6. The van der Waals surface area contributed by atoms with Crippen LogP contribution in [0.1, 0.15) is 53.1 Å². The summed E-state index contributed by atoms with van der Waals surface area (Å²) in [5, 5.41) is 1.10. The summed E-state index contributed by atoms with van der Waals surface area (Å²) in [6.07, 6.45) is 5.89. The fourth-order valence-corrected chi connectivity index (χ4v) is 6.62. The summed E-state index contributed by atoms with van der Waals surface area (Å²) in [5.74, 6) is 2.93. The van der Waals surface area contributed by atoms with Gasteiger partial charge >= 0.3 is 0 Å². The SMILES string of the molecule is Cc1cc(C=CC(=O)N2CCN(Cc3ccc(CCOc4ccc(C(C)C)cc4)cc3)CC2)cc(Cl)c1Oc1ccc(OCc2cccc(Cl)c2)cn1. The van der Waals surface area contributed by atoms with Crippen molar-refractivity contribution in [3.63, 3.8) is 0 Å². The Labute approximate surface area is 322 Å². The molecule has 0 unspecified atom stereocenters. The predicted octanol–water partition coefficient (Wildman–Crippen LogP) is 10.2. The number of hydrogen-bond donors (Lipinski definition) is 0. The highest BCUT2D eigenvalue weighted by molar-refractivity contribution is 6.32. The van der Waals surface area contributed by atoms with Gasteiger partial charge < -0.3 is 19.1 Å². The molecule has 53 heavy (non-hydrogen) atoms. The minimum atomic E-state index is -0.0111. The molecule has 0 bridgehead atoms. The zero-order valence-electron chi connectivity index (χ0n) is 30.4. The number of benzene rings is 4. The van der Waals surface area contributed by atoms with Crippen LogP contribution < -0.4 is 14.2 Å². The first-order chi connectivity index (χ1) is 25.7. The number of nitrogens with zero attached hydrogens (tertiary/aromatic N) is 3. The van der Waals surface area contributed by atoms with E-state index in [4.69, 9.17) is 37.4 Å². The van der Waals surface area contributed by atoms with Crippen molar-refractivity contribution in [3.8, 4) is 23.1 Å². The van der Waals surface area contributed by atoms with Crippen LogP contribution in [0.3, 0.4) is 0 Å². The van der Waals surface area contributed by atoms with Gasteiger partial charge in [-0.15, -0.1) is 0 Å². The average Bonchev–Trinajstić information content (AvgIpc) is 3.16. The maximum atomic E-state index is 13.1. The van der Waals surface area contributed by atoms with Crippen molar-refractivity contribution in [3.05, 3.63) is 153 Å². The van der Waals surface area contributed by atoms with Gasteiger partial charge in [0.2, 0.25) is 11.8 Å². The van der Waals surface area contributed by atoms with Crippen molar-refractivity contribution in [1.29, 1.82) is 0 Å². The smallest absolute Gasteiger partial charge is 0.246 e. The Morgan fingerprint density at radius 3 is 2.25 bits per heavy atom. The molecule has 6 rings (SSSR count). The molecule has 9 heteroatoms. The van der Waals surface area contributed by atoms with Gasteiger partial charge in [0.25, 0.3) is 0 Å². The second kappa shape index (κ2) is 18.3. The van der Waals surface area contributed by atoms with Crippen molar-refractivity contribution >= 4 is 35.2 Å². The van der Waals surface area contributed by atoms with Gasteiger partial charge in [-0.1, -0.05) is 85.6 Å². The molecule has 5 aromatic rings. The van der Waals surface area contributed by atoms with Crippen molar-refractivity contribution in [2.24, 2.45) is 0 Å². The van der Waals surface area contributed by atoms with E-state index in [2.05, 4.69) is 72.3 Å². The van der Waals surface area contributed by atoms with Gasteiger partial charge in [0, 0.05) is 56.3 Å². The average molecular weight is 751 g/mol. The van der Waals surface area contributed by atoms with E-state index in [-0.39, 0.29) is 5.91 Å². The normalized spacial score (nSPS) is 13.4. The highest BCUT2D eigenvalue weighted by Gasteiger charge is 2.20. The number of hydrogen-bond acceptors (Lipinski definition) is 6. The quantitative estimate of drug-likeness (QED) is 0.105. The minimum absolute atomic E-state index is 0.0111. The number of pyridine rings is 1. The van der Waals surface area contributed by atoms with Crippen LogP contribution in [0.15, 0.2) is 109 Å². The van der Waals surface area contributed by atoms with E-state index < -0.39 is 0 Å². The third kappa shape index (κ3) is 11.1. The molecule has 1 aliphatic rings.